The number of amides is 1. The summed E-state index contributed by atoms with van der Waals surface area (Å²) < 4.78 is 5.51. The van der Waals surface area contributed by atoms with E-state index in [1.165, 1.54) is 5.56 Å². The monoisotopic (exact) mass is 510 g/mol. The molecule has 0 saturated carbocycles. The summed E-state index contributed by atoms with van der Waals surface area (Å²) in [6, 6.07) is 6.17. The molecule has 4 rings (SSSR count). The number of pyridine rings is 1. The SMILES string of the molecule is CC(C)CN(C(=O)c1cc2c(nc1NCc1ccco1)C(C)(C)CCC2)C1CCCNC1.Cl.Cl. The van der Waals surface area contributed by atoms with Crippen molar-refractivity contribution in [1.29, 1.82) is 0 Å². The van der Waals surface area contributed by atoms with E-state index in [4.69, 9.17) is 9.40 Å². The van der Waals surface area contributed by atoms with Gasteiger partial charge in [-0.1, -0.05) is 27.7 Å². The number of nitrogens with zero attached hydrogens (tertiary/aromatic N) is 2. The molecule has 0 spiro atoms. The van der Waals surface area contributed by atoms with Gasteiger partial charge in [-0.25, -0.2) is 4.98 Å². The Labute approximate surface area is 216 Å². The first kappa shape index (κ1) is 28.5. The molecule has 1 aliphatic heterocycles. The number of aromatic nitrogens is 1. The molecule has 190 valence electrons. The Morgan fingerprint density at radius 3 is 2.76 bits per heavy atom. The summed E-state index contributed by atoms with van der Waals surface area (Å²) in [5.41, 5.74) is 3.05. The fraction of sp³-hybridized carbons (Fsp3) is 0.615. The third-order valence-corrected chi connectivity index (χ3v) is 6.77. The Bertz CT molecular complexity index is 925. The molecule has 1 amide bonds. The van der Waals surface area contributed by atoms with Gasteiger partial charge in [-0.2, -0.15) is 0 Å². The molecule has 1 fully saturated rings. The van der Waals surface area contributed by atoms with Gasteiger partial charge in [0, 0.05) is 24.5 Å². The second kappa shape index (κ2) is 12.3. The zero-order valence-corrected chi connectivity index (χ0v) is 22.5. The molecule has 0 radical (unpaired) electrons. The summed E-state index contributed by atoms with van der Waals surface area (Å²) in [7, 11) is 0. The summed E-state index contributed by atoms with van der Waals surface area (Å²) in [5, 5.41) is 6.90. The van der Waals surface area contributed by atoms with Crippen LogP contribution >= 0.6 is 24.8 Å². The van der Waals surface area contributed by atoms with Gasteiger partial charge in [0.15, 0.2) is 0 Å². The topological polar surface area (TPSA) is 70.4 Å². The number of aryl methyl sites for hydroxylation is 1. The number of piperidine rings is 1. The van der Waals surface area contributed by atoms with E-state index in [9.17, 15) is 4.79 Å². The van der Waals surface area contributed by atoms with Crippen molar-refractivity contribution in [2.24, 2.45) is 5.92 Å². The smallest absolute Gasteiger partial charge is 0.257 e. The van der Waals surface area contributed by atoms with Crippen molar-refractivity contribution in [3.8, 4) is 0 Å². The molecule has 6 nitrogen and oxygen atoms in total. The summed E-state index contributed by atoms with van der Waals surface area (Å²) in [6.45, 7) is 12.0. The van der Waals surface area contributed by atoms with Crippen LogP contribution in [0.15, 0.2) is 28.9 Å². The molecule has 0 bridgehead atoms. The maximum atomic E-state index is 14.0. The minimum Gasteiger partial charge on any atom is -0.467 e. The fourth-order valence-electron chi connectivity index (χ4n) is 5.10. The molecule has 34 heavy (non-hydrogen) atoms. The van der Waals surface area contributed by atoms with E-state index in [1.54, 1.807) is 6.26 Å². The normalized spacial score (nSPS) is 18.9. The zero-order valence-electron chi connectivity index (χ0n) is 20.9. The molecule has 2 N–H and O–H groups in total. The molecule has 2 aromatic heterocycles. The Morgan fingerprint density at radius 2 is 2.12 bits per heavy atom. The van der Waals surface area contributed by atoms with Crippen molar-refractivity contribution in [1.82, 2.24) is 15.2 Å². The van der Waals surface area contributed by atoms with Crippen LogP contribution in [0.4, 0.5) is 5.82 Å². The molecule has 8 heteroatoms. The first-order valence-electron chi connectivity index (χ1n) is 12.2. The van der Waals surface area contributed by atoms with Crippen LogP contribution in [0.2, 0.25) is 0 Å². The molecule has 1 atom stereocenters. The Balaban J connectivity index is 0.00000204. The standard InChI is InChI=1S/C26H38N4O2.2ClH/c1-18(2)17-30(20-9-6-12-27-15-20)25(31)22-14-19-8-5-11-26(3,4)23(19)29-24(22)28-16-21-10-7-13-32-21;;/h7,10,13-14,18,20,27H,5-6,8-9,11-12,15-17H2,1-4H3,(H,28,29);2*1H. The summed E-state index contributed by atoms with van der Waals surface area (Å²) in [4.78, 5) is 21.2. The van der Waals surface area contributed by atoms with Crippen molar-refractivity contribution < 1.29 is 9.21 Å². The van der Waals surface area contributed by atoms with Crippen LogP contribution in [0.5, 0.6) is 0 Å². The average molecular weight is 512 g/mol. The number of rotatable bonds is 7. The van der Waals surface area contributed by atoms with Crippen LogP contribution in [0.3, 0.4) is 0 Å². The summed E-state index contributed by atoms with van der Waals surface area (Å²) in [6.07, 6.45) is 7.06. The molecular weight excluding hydrogens is 471 g/mol. The lowest BCUT2D eigenvalue weighted by Gasteiger charge is -2.37. The van der Waals surface area contributed by atoms with E-state index in [1.807, 2.05) is 12.1 Å². The predicted molar refractivity (Wildman–Crippen MR) is 142 cm³/mol. The highest BCUT2D eigenvalue weighted by Crippen LogP contribution is 2.37. The number of carbonyl (C=O) groups excluding carboxylic acids is 1. The van der Waals surface area contributed by atoms with Gasteiger partial charge in [-0.05, 0) is 68.3 Å². The van der Waals surface area contributed by atoms with Gasteiger partial charge in [0.05, 0.1) is 24.1 Å². The van der Waals surface area contributed by atoms with Crippen LogP contribution < -0.4 is 10.6 Å². The molecule has 0 aromatic carbocycles. The summed E-state index contributed by atoms with van der Waals surface area (Å²) >= 11 is 0. The Hall–Kier alpha value is -1.76. The van der Waals surface area contributed by atoms with E-state index in [-0.39, 0.29) is 42.2 Å². The van der Waals surface area contributed by atoms with Crippen LogP contribution in [-0.2, 0) is 18.4 Å². The van der Waals surface area contributed by atoms with Gasteiger partial charge < -0.3 is 20.0 Å². The second-order valence-corrected chi connectivity index (χ2v) is 10.4. The highest BCUT2D eigenvalue weighted by atomic mass is 35.5. The van der Waals surface area contributed by atoms with Gasteiger partial charge in [-0.3, -0.25) is 4.79 Å². The van der Waals surface area contributed by atoms with Crippen molar-refractivity contribution in [2.45, 2.75) is 77.8 Å². The third-order valence-electron chi connectivity index (χ3n) is 6.77. The lowest BCUT2D eigenvalue weighted by molar-refractivity contribution is 0.0620. The number of nitrogens with one attached hydrogen (secondary N) is 2. The van der Waals surface area contributed by atoms with Gasteiger partial charge in [0.2, 0.25) is 0 Å². The van der Waals surface area contributed by atoms with Gasteiger partial charge in [-0.15, -0.1) is 24.8 Å². The second-order valence-electron chi connectivity index (χ2n) is 10.4. The quantitative estimate of drug-likeness (QED) is 0.507. The van der Waals surface area contributed by atoms with E-state index in [0.717, 1.165) is 63.2 Å². The minimum absolute atomic E-state index is 0. The first-order chi connectivity index (χ1) is 15.3. The van der Waals surface area contributed by atoms with E-state index in [0.29, 0.717) is 23.8 Å². The molecule has 1 unspecified atom stereocenters. The lowest BCUT2D eigenvalue weighted by atomic mass is 9.75. The predicted octanol–water partition coefficient (Wildman–Crippen LogP) is 5.59. The van der Waals surface area contributed by atoms with Gasteiger partial charge >= 0.3 is 0 Å². The molecule has 2 aliphatic rings. The number of furan rings is 1. The maximum absolute atomic E-state index is 14.0. The fourth-order valence-corrected chi connectivity index (χ4v) is 5.10. The third kappa shape index (κ3) is 6.46. The number of hydrogen-bond donors (Lipinski definition) is 2. The van der Waals surface area contributed by atoms with Crippen molar-refractivity contribution in [3.05, 3.63) is 47.0 Å². The molecular formula is C26H40Cl2N4O2. The van der Waals surface area contributed by atoms with Crippen LogP contribution in [0.1, 0.15) is 80.8 Å². The molecule has 3 heterocycles. The van der Waals surface area contributed by atoms with Crippen molar-refractivity contribution >= 4 is 36.5 Å². The number of anilines is 1. The van der Waals surface area contributed by atoms with E-state index >= 15 is 0 Å². The average Bonchev–Trinajstić information content (AvgIpc) is 3.29. The van der Waals surface area contributed by atoms with E-state index in [2.05, 4.69) is 49.3 Å². The van der Waals surface area contributed by atoms with Crippen molar-refractivity contribution in [3.63, 3.8) is 0 Å². The van der Waals surface area contributed by atoms with Crippen molar-refractivity contribution in [2.75, 3.05) is 25.0 Å². The first-order valence-corrected chi connectivity index (χ1v) is 12.2. The largest absolute Gasteiger partial charge is 0.467 e. The number of hydrogen-bond acceptors (Lipinski definition) is 5. The highest BCUT2D eigenvalue weighted by molar-refractivity contribution is 5.99. The Morgan fingerprint density at radius 1 is 1.32 bits per heavy atom. The maximum Gasteiger partial charge on any atom is 0.257 e. The molecule has 1 saturated heterocycles. The number of carbonyl (C=O) groups is 1. The van der Waals surface area contributed by atoms with Crippen LogP contribution in [-0.4, -0.2) is 41.5 Å². The lowest BCUT2D eigenvalue weighted by Crippen LogP contribution is -2.50. The minimum atomic E-state index is 0. The van der Waals surface area contributed by atoms with Gasteiger partial charge in [0.25, 0.3) is 5.91 Å². The number of halogens is 2. The van der Waals surface area contributed by atoms with E-state index < -0.39 is 0 Å². The van der Waals surface area contributed by atoms with Gasteiger partial charge in [0.1, 0.15) is 11.6 Å². The zero-order chi connectivity index (χ0) is 22.7. The van der Waals surface area contributed by atoms with Crippen LogP contribution in [0.25, 0.3) is 0 Å². The summed E-state index contributed by atoms with van der Waals surface area (Å²) in [5.74, 6) is 2.01. The Kier molecular flexibility index (Phi) is 10.3. The molecule has 2 aromatic rings. The highest BCUT2D eigenvalue weighted by Gasteiger charge is 2.33. The van der Waals surface area contributed by atoms with Crippen LogP contribution in [0, 0.1) is 5.92 Å². The molecule has 1 aliphatic carbocycles. The number of fused-ring (bicyclic) bond motifs is 1.